The van der Waals surface area contributed by atoms with Gasteiger partial charge >= 0.3 is 0 Å². The largest absolute Gasteiger partial charge is 0.356 e. The number of aliphatic imine (C=N–C) groups is 1. The van der Waals surface area contributed by atoms with Crippen LogP contribution < -0.4 is 16.0 Å². The summed E-state index contributed by atoms with van der Waals surface area (Å²) in [6.45, 7) is 5.77. The zero-order chi connectivity index (χ0) is 17.1. The normalized spacial score (nSPS) is 11.4. The summed E-state index contributed by atoms with van der Waals surface area (Å²) in [5.41, 5.74) is 0. The topological polar surface area (TPSA) is 65.5 Å². The molecule has 0 radical (unpaired) electrons. The summed E-state index contributed by atoms with van der Waals surface area (Å²) < 4.78 is 0. The number of nitrogens with zero attached hydrogens (tertiary/aromatic N) is 1. The highest BCUT2D eigenvalue weighted by molar-refractivity contribution is 7.99. The van der Waals surface area contributed by atoms with E-state index < -0.39 is 0 Å². The highest BCUT2D eigenvalue weighted by Gasteiger charge is 2.05. The number of amides is 1. The summed E-state index contributed by atoms with van der Waals surface area (Å²) in [4.78, 5) is 16.8. The van der Waals surface area contributed by atoms with Gasteiger partial charge in [-0.25, -0.2) is 0 Å². The first-order chi connectivity index (χ1) is 11.0. The van der Waals surface area contributed by atoms with Gasteiger partial charge in [0.2, 0.25) is 5.91 Å². The van der Waals surface area contributed by atoms with Crippen LogP contribution in [-0.4, -0.2) is 44.3 Å². The lowest BCUT2D eigenvalue weighted by atomic mass is 10.2. The first-order valence-corrected chi connectivity index (χ1v) is 9.00. The van der Waals surface area contributed by atoms with Crippen LogP contribution in [0.2, 0.25) is 5.02 Å². The second kappa shape index (κ2) is 11.2. The van der Waals surface area contributed by atoms with Gasteiger partial charge in [0.25, 0.3) is 0 Å². The number of carbonyl (C=O) groups is 1. The molecule has 0 aliphatic heterocycles. The SMILES string of the molecule is CN=C(NCCNC(=O)C(C)C)NCCSc1ccc(Cl)cc1. The molecule has 0 aliphatic rings. The molecular formula is C16H25ClN4OS. The summed E-state index contributed by atoms with van der Waals surface area (Å²) in [6, 6.07) is 7.81. The molecule has 0 aromatic heterocycles. The standard InChI is InChI=1S/C16H25ClN4OS/c1-12(2)15(22)19-8-9-20-16(18-3)21-10-11-23-14-6-4-13(17)5-7-14/h4-7,12H,8-11H2,1-3H3,(H,19,22)(H2,18,20,21). The average molecular weight is 357 g/mol. The van der Waals surface area contributed by atoms with E-state index in [0.717, 1.165) is 23.3 Å². The zero-order valence-electron chi connectivity index (χ0n) is 13.9. The van der Waals surface area contributed by atoms with Crippen molar-refractivity contribution >= 4 is 35.2 Å². The maximum absolute atomic E-state index is 11.4. The number of rotatable bonds is 8. The van der Waals surface area contributed by atoms with Gasteiger partial charge in [0, 0.05) is 48.3 Å². The van der Waals surface area contributed by atoms with Crippen LogP contribution >= 0.6 is 23.4 Å². The Bertz CT molecular complexity index is 505. The van der Waals surface area contributed by atoms with Crippen LogP contribution in [0.3, 0.4) is 0 Å². The van der Waals surface area contributed by atoms with Crippen molar-refractivity contribution in [3.63, 3.8) is 0 Å². The molecule has 0 saturated heterocycles. The van der Waals surface area contributed by atoms with E-state index in [1.165, 1.54) is 4.90 Å². The Kier molecular flexibility index (Phi) is 9.55. The quantitative estimate of drug-likeness (QED) is 0.289. The molecular weight excluding hydrogens is 332 g/mol. The van der Waals surface area contributed by atoms with Gasteiger partial charge in [0.05, 0.1) is 0 Å². The van der Waals surface area contributed by atoms with Crippen molar-refractivity contribution in [1.82, 2.24) is 16.0 Å². The molecule has 0 spiro atoms. The molecule has 23 heavy (non-hydrogen) atoms. The van der Waals surface area contributed by atoms with E-state index in [4.69, 9.17) is 11.6 Å². The minimum Gasteiger partial charge on any atom is -0.356 e. The molecule has 0 aliphatic carbocycles. The lowest BCUT2D eigenvalue weighted by Crippen LogP contribution is -2.42. The van der Waals surface area contributed by atoms with E-state index in [-0.39, 0.29) is 11.8 Å². The molecule has 3 N–H and O–H groups in total. The Balaban J connectivity index is 2.14. The van der Waals surface area contributed by atoms with E-state index in [1.54, 1.807) is 18.8 Å². The fraction of sp³-hybridized carbons (Fsp3) is 0.500. The van der Waals surface area contributed by atoms with Crippen LogP contribution in [0.25, 0.3) is 0 Å². The molecule has 0 fully saturated rings. The van der Waals surface area contributed by atoms with Crippen LogP contribution in [0.1, 0.15) is 13.8 Å². The molecule has 1 rings (SSSR count). The smallest absolute Gasteiger partial charge is 0.222 e. The fourth-order valence-electron chi connectivity index (χ4n) is 1.66. The highest BCUT2D eigenvalue weighted by Crippen LogP contribution is 2.19. The minimum absolute atomic E-state index is 0.0114. The number of hydrogen-bond acceptors (Lipinski definition) is 3. The lowest BCUT2D eigenvalue weighted by molar-refractivity contribution is -0.123. The van der Waals surface area contributed by atoms with Gasteiger partial charge in [0.1, 0.15) is 0 Å². The van der Waals surface area contributed by atoms with Crippen LogP contribution in [0.5, 0.6) is 0 Å². The number of halogens is 1. The zero-order valence-corrected chi connectivity index (χ0v) is 15.4. The Hall–Kier alpha value is -1.40. The number of nitrogens with one attached hydrogen (secondary N) is 3. The summed E-state index contributed by atoms with van der Waals surface area (Å²) in [5, 5.41) is 10.0. The monoisotopic (exact) mass is 356 g/mol. The van der Waals surface area contributed by atoms with Crippen molar-refractivity contribution in [2.75, 3.05) is 32.4 Å². The lowest BCUT2D eigenvalue weighted by Gasteiger charge is -2.13. The van der Waals surface area contributed by atoms with Crippen molar-refractivity contribution in [2.45, 2.75) is 18.7 Å². The number of carbonyl (C=O) groups excluding carboxylic acids is 1. The van der Waals surface area contributed by atoms with Gasteiger partial charge in [0.15, 0.2) is 5.96 Å². The second-order valence-electron chi connectivity index (χ2n) is 5.17. The molecule has 1 aromatic carbocycles. The molecule has 1 aromatic rings. The van der Waals surface area contributed by atoms with Crippen LogP contribution in [-0.2, 0) is 4.79 Å². The molecule has 5 nitrogen and oxygen atoms in total. The first-order valence-electron chi connectivity index (χ1n) is 7.63. The fourth-order valence-corrected chi connectivity index (χ4v) is 2.55. The first kappa shape index (κ1) is 19.6. The highest BCUT2D eigenvalue weighted by atomic mass is 35.5. The summed E-state index contributed by atoms with van der Waals surface area (Å²) in [5.74, 6) is 1.74. The third-order valence-electron chi connectivity index (χ3n) is 2.94. The molecule has 1 amide bonds. The van der Waals surface area contributed by atoms with Gasteiger partial charge in [-0.2, -0.15) is 0 Å². The van der Waals surface area contributed by atoms with Gasteiger partial charge in [-0.15, -0.1) is 11.8 Å². The Morgan fingerprint density at radius 1 is 1.13 bits per heavy atom. The van der Waals surface area contributed by atoms with Gasteiger partial charge < -0.3 is 16.0 Å². The number of hydrogen-bond donors (Lipinski definition) is 3. The average Bonchev–Trinajstić information content (AvgIpc) is 2.54. The second-order valence-corrected chi connectivity index (χ2v) is 6.78. The third kappa shape index (κ3) is 8.71. The predicted molar refractivity (Wildman–Crippen MR) is 99.4 cm³/mol. The number of guanidine groups is 1. The molecule has 7 heteroatoms. The van der Waals surface area contributed by atoms with E-state index in [9.17, 15) is 4.79 Å². The number of thioether (sulfide) groups is 1. The van der Waals surface area contributed by atoms with Gasteiger partial charge in [-0.1, -0.05) is 25.4 Å². The molecule has 0 bridgehead atoms. The van der Waals surface area contributed by atoms with E-state index in [0.29, 0.717) is 13.1 Å². The van der Waals surface area contributed by atoms with Gasteiger partial charge in [-0.3, -0.25) is 9.79 Å². The molecule has 0 atom stereocenters. The Morgan fingerprint density at radius 3 is 2.35 bits per heavy atom. The Labute approximate surface area is 147 Å². The Morgan fingerprint density at radius 2 is 1.74 bits per heavy atom. The van der Waals surface area contributed by atoms with E-state index in [2.05, 4.69) is 20.9 Å². The summed E-state index contributed by atoms with van der Waals surface area (Å²) in [6.07, 6.45) is 0. The van der Waals surface area contributed by atoms with Crippen LogP contribution in [0, 0.1) is 5.92 Å². The predicted octanol–water partition coefficient (Wildman–Crippen LogP) is 2.37. The van der Waals surface area contributed by atoms with Crippen LogP contribution in [0.15, 0.2) is 34.2 Å². The van der Waals surface area contributed by atoms with Crippen LogP contribution in [0.4, 0.5) is 0 Å². The summed E-state index contributed by atoms with van der Waals surface area (Å²) >= 11 is 7.61. The maximum Gasteiger partial charge on any atom is 0.222 e. The van der Waals surface area contributed by atoms with E-state index >= 15 is 0 Å². The molecule has 0 unspecified atom stereocenters. The van der Waals surface area contributed by atoms with Gasteiger partial charge in [-0.05, 0) is 24.3 Å². The molecule has 0 heterocycles. The third-order valence-corrected chi connectivity index (χ3v) is 4.21. The molecule has 128 valence electrons. The minimum atomic E-state index is 0.0114. The van der Waals surface area contributed by atoms with Crippen molar-refractivity contribution in [3.8, 4) is 0 Å². The van der Waals surface area contributed by atoms with Crippen molar-refractivity contribution < 1.29 is 4.79 Å². The van der Waals surface area contributed by atoms with Crippen molar-refractivity contribution in [2.24, 2.45) is 10.9 Å². The number of benzene rings is 1. The maximum atomic E-state index is 11.4. The van der Waals surface area contributed by atoms with E-state index in [1.807, 2.05) is 38.1 Å². The molecule has 0 saturated carbocycles. The summed E-state index contributed by atoms with van der Waals surface area (Å²) in [7, 11) is 1.73. The van der Waals surface area contributed by atoms with Crippen molar-refractivity contribution in [3.05, 3.63) is 29.3 Å². The van der Waals surface area contributed by atoms with Crippen molar-refractivity contribution in [1.29, 1.82) is 0 Å².